The van der Waals surface area contributed by atoms with Gasteiger partial charge in [0.2, 0.25) is 0 Å². The van der Waals surface area contributed by atoms with Crippen molar-refractivity contribution in [3.8, 4) is 0 Å². The highest BCUT2D eigenvalue weighted by Crippen LogP contribution is 2.16. The molecule has 0 aromatic carbocycles. The maximum Gasteiger partial charge on any atom is 0.147 e. The summed E-state index contributed by atoms with van der Waals surface area (Å²) in [5, 5.41) is 3.27. The molecule has 1 aliphatic rings. The van der Waals surface area contributed by atoms with Crippen LogP contribution in [0.2, 0.25) is 0 Å². The van der Waals surface area contributed by atoms with Crippen molar-refractivity contribution >= 4 is 5.82 Å². The van der Waals surface area contributed by atoms with Crippen molar-refractivity contribution in [1.82, 2.24) is 15.3 Å². The molecule has 1 N–H and O–H groups in total. The van der Waals surface area contributed by atoms with Crippen molar-refractivity contribution < 1.29 is 0 Å². The fraction of sp³-hybridized carbons (Fsp3) is 0.667. The summed E-state index contributed by atoms with van der Waals surface area (Å²) in [4.78, 5) is 11.2. The minimum absolute atomic E-state index is 0.811. The van der Waals surface area contributed by atoms with E-state index in [4.69, 9.17) is 0 Å². The van der Waals surface area contributed by atoms with Gasteiger partial charge in [-0.15, -0.1) is 0 Å². The van der Waals surface area contributed by atoms with Gasteiger partial charge >= 0.3 is 0 Å². The standard InChI is InChI=1S/C12H20N4/c1-2-13-8-11-9-14-10-12(15-11)16-6-4-3-5-7-16/h9-10,13H,2-8H2,1H3. The molecule has 4 heteroatoms. The second kappa shape index (κ2) is 5.80. The topological polar surface area (TPSA) is 41.1 Å². The number of rotatable bonds is 4. The van der Waals surface area contributed by atoms with Crippen molar-refractivity contribution in [1.29, 1.82) is 0 Å². The van der Waals surface area contributed by atoms with Crippen molar-refractivity contribution in [3.05, 3.63) is 18.1 Å². The number of hydrogen-bond donors (Lipinski definition) is 1. The van der Waals surface area contributed by atoms with Crippen molar-refractivity contribution in [2.75, 3.05) is 24.5 Å². The van der Waals surface area contributed by atoms with Gasteiger partial charge in [0, 0.05) is 25.8 Å². The third kappa shape index (κ3) is 2.92. The van der Waals surface area contributed by atoms with E-state index in [-0.39, 0.29) is 0 Å². The van der Waals surface area contributed by atoms with Gasteiger partial charge < -0.3 is 10.2 Å². The summed E-state index contributed by atoms with van der Waals surface area (Å²) in [5.74, 6) is 1.04. The quantitative estimate of drug-likeness (QED) is 0.836. The zero-order chi connectivity index (χ0) is 11.2. The Morgan fingerprint density at radius 2 is 2.06 bits per heavy atom. The number of aromatic nitrogens is 2. The molecule has 16 heavy (non-hydrogen) atoms. The largest absolute Gasteiger partial charge is 0.355 e. The van der Waals surface area contributed by atoms with E-state index in [1.54, 1.807) is 0 Å². The minimum atomic E-state index is 0.811. The Balaban J connectivity index is 2.02. The summed E-state index contributed by atoms with van der Waals surface area (Å²) in [6, 6.07) is 0. The second-order valence-corrected chi connectivity index (χ2v) is 4.20. The van der Waals surface area contributed by atoms with Crippen LogP contribution in [-0.2, 0) is 6.54 Å². The van der Waals surface area contributed by atoms with Gasteiger partial charge in [0.15, 0.2) is 0 Å². The summed E-state index contributed by atoms with van der Waals surface area (Å²) in [5.41, 5.74) is 1.03. The van der Waals surface area contributed by atoms with E-state index in [0.717, 1.165) is 37.7 Å². The molecule has 0 spiro atoms. The van der Waals surface area contributed by atoms with E-state index in [2.05, 4.69) is 27.1 Å². The minimum Gasteiger partial charge on any atom is -0.355 e. The lowest BCUT2D eigenvalue weighted by atomic mass is 10.1. The van der Waals surface area contributed by atoms with Crippen LogP contribution < -0.4 is 10.2 Å². The highest BCUT2D eigenvalue weighted by atomic mass is 15.2. The first kappa shape index (κ1) is 11.3. The highest BCUT2D eigenvalue weighted by molar-refractivity contribution is 5.36. The van der Waals surface area contributed by atoms with Gasteiger partial charge in [0.25, 0.3) is 0 Å². The number of nitrogens with zero attached hydrogens (tertiary/aromatic N) is 3. The molecule has 0 atom stereocenters. The van der Waals surface area contributed by atoms with Gasteiger partial charge in [-0.05, 0) is 25.8 Å². The SMILES string of the molecule is CCNCc1cncc(N2CCCCC2)n1. The summed E-state index contributed by atoms with van der Waals surface area (Å²) in [6.07, 6.45) is 7.62. The van der Waals surface area contributed by atoms with Gasteiger partial charge in [-0.2, -0.15) is 0 Å². The Morgan fingerprint density at radius 3 is 2.81 bits per heavy atom. The van der Waals surface area contributed by atoms with Crippen LogP contribution in [0, 0.1) is 0 Å². The summed E-state index contributed by atoms with van der Waals surface area (Å²) >= 11 is 0. The predicted molar refractivity (Wildman–Crippen MR) is 65.5 cm³/mol. The van der Waals surface area contributed by atoms with Crippen LogP contribution in [0.25, 0.3) is 0 Å². The lowest BCUT2D eigenvalue weighted by molar-refractivity contribution is 0.571. The maximum absolute atomic E-state index is 4.63. The Kier molecular flexibility index (Phi) is 4.10. The third-order valence-corrected chi connectivity index (χ3v) is 2.91. The number of anilines is 1. The van der Waals surface area contributed by atoms with Gasteiger partial charge in [-0.3, -0.25) is 4.98 Å². The van der Waals surface area contributed by atoms with E-state index >= 15 is 0 Å². The Hall–Kier alpha value is -1.16. The van der Waals surface area contributed by atoms with Crippen LogP contribution in [0.4, 0.5) is 5.82 Å². The van der Waals surface area contributed by atoms with Crippen LogP contribution in [0.1, 0.15) is 31.9 Å². The molecule has 4 nitrogen and oxygen atoms in total. The van der Waals surface area contributed by atoms with Crippen LogP contribution in [-0.4, -0.2) is 29.6 Å². The third-order valence-electron chi connectivity index (χ3n) is 2.91. The van der Waals surface area contributed by atoms with Crippen molar-refractivity contribution in [3.63, 3.8) is 0 Å². The molecular weight excluding hydrogens is 200 g/mol. The molecule has 0 aliphatic carbocycles. The fourth-order valence-corrected chi connectivity index (χ4v) is 2.01. The van der Waals surface area contributed by atoms with Crippen LogP contribution >= 0.6 is 0 Å². The Bertz CT molecular complexity index is 321. The predicted octanol–water partition coefficient (Wildman–Crippen LogP) is 1.58. The molecule has 1 aromatic heterocycles. The van der Waals surface area contributed by atoms with Crippen molar-refractivity contribution in [2.24, 2.45) is 0 Å². The average molecular weight is 220 g/mol. The fourth-order valence-electron chi connectivity index (χ4n) is 2.01. The molecule has 2 heterocycles. The van der Waals surface area contributed by atoms with Gasteiger partial charge in [0.05, 0.1) is 11.9 Å². The lowest BCUT2D eigenvalue weighted by Gasteiger charge is -2.27. The van der Waals surface area contributed by atoms with Gasteiger partial charge in [0.1, 0.15) is 5.82 Å². The molecule has 0 bridgehead atoms. The molecule has 1 fully saturated rings. The van der Waals surface area contributed by atoms with Crippen molar-refractivity contribution in [2.45, 2.75) is 32.7 Å². The molecule has 88 valence electrons. The smallest absolute Gasteiger partial charge is 0.147 e. The molecule has 1 saturated heterocycles. The van der Waals surface area contributed by atoms with E-state index < -0.39 is 0 Å². The maximum atomic E-state index is 4.63. The molecule has 0 amide bonds. The molecular formula is C12H20N4. The van der Waals surface area contributed by atoms with E-state index in [0.29, 0.717) is 0 Å². The zero-order valence-electron chi connectivity index (χ0n) is 9.95. The first-order chi connectivity index (χ1) is 7.90. The first-order valence-corrected chi connectivity index (χ1v) is 6.16. The molecule has 2 rings (SSSR count). The lowest BCUT2D eigenvalue weighted by Crippen LogP contribution is -2.30. The molecule has 0 unspecified atom stereocenters. The number of nitrogens with one attached hydrogen (secondary N) is 1. The van der Waals surface area contributed by atoms with E-state index in [1.165, 1.54) is 19.3 Å². The van der Waals surface area contributed by atoms with Crippen LogP contribution in [0.15, 0.2) is 12.4 Å². The van der Waals surface area contributed by atoms with Gasteiger partial charge in [-0.25, -0.2) is 4.98 Å². The monoisotopic (exact) mass is 220 g/mol. The van der Waals surface area contributed by atoms with E-state index in [1.807, 2.05) is 12.4 Å². The van der Waals surface area contributed by atoms with Crippen LogP contribution in [0.5, 0.6) is 0 Å². The Morgan fingerprint density at radius 1 is 1.25 bits per heavy atom. The average Bonchev–Trinajstić information content (AvgIpc) is 2.38. The number of piperidine rings is 1. The van der Waals surface area contributed by atoms with Crippen LogP contribution in [0.3, 0.4) is 0 Å². The van der Waals surface area contributed by atoms with E-state index in [9.17, 15) is 0 Å². The summed E-state index contributed by atoms with van der Waals surface area (Å²) in [7, 11) is 0. The molecule has 1 aromatic rings. The highest BCUT2D eigenvalue weighted by Gasteiger charge is 2.12. The normalized spacial score (nSPS) is 16.4. The number of hydrogen-bond acceptors (Lipinski definition) is 4. The summed E-state index contributed by atoms with van der Waals surface area (Å²) in [6.45, 7) is 6.13. The zero-order valence-corrected chi connectivity index (χ0v) is 9.95. The molecule has 1 aliphatic heterocycles. The first-order valence-electron chi connectivity index (χ1n) is 6.16. The summed E-state index contributed by atoms with van der Waals surface area (Å²) < 4.78 is 0. The molecule has 0 radical (unpaired) electrons. The second-order valence-electron chi connectivity index (χ2n) is 4.20. The van der Waals surface area contributed by atoms with Gasteiger partial charge in [-0.1, -0.05) is 6.92 Å². The Labute approximate surface area is 97.1 Å². The molecule has 0 saturated carbocycles.